The Balaban J connectivity index is 1.99. The second kappa shape index (κ2) is 6.12. The fourth-order valence-electron chi connectivity index (χ4n) is 3.88. The number of hydrogen-bond acceptors (Lipinski definition) is 2. The zero-order valence-corrected chi connectivity index (χ0v) is 15.5. The average molecular weight is 311 g/mol. The molecule has 2 unspecified atom stereocenters. The van der Waals surface area contributed by atoms with Crippen LogP contribution in [0.15, 0.2) is 0 Å². The number of carbonyl (C=O) groups excluding carboxylic acids is 1. The topological polar surface area (TPSA) is 32.3 Å². The summed E-state index contributed by atoms with van der Waals surface area (Å²) in [5, 5.41) is 3.42. The van der Waals surface area contributed by atoms with Crippen LogP contribution in [-0.2, 0) is 4.79 Å². The fourth-order valence-corrected chi connectivity index (χ4v) is 3.88. The van der Waals surface area contributed by atoms with Crippen molar-refractivity contribution in [2.24, 2.45) is 5.41 Å². The van der Waals surface area contributed by atoms with Crippen molar-refractivity contribution in [2.75, 3.05) is 40.3 Å². The molecule has 0 aromatic carbocycles. The average Bonchev–Trinajstić information content (AvgIpc) is 2.72. The van der Waals surface area contributed by atoms with E-state index < -0.39 is 0 Å². The number of nitrogens with one attached hydrogen (secondary N) is 1. The van der Waals surface area contributed by atoms with E-state index in [0.717, 1.165) is 49.8 Å². The number of amides is 1. The van der Waals surface area contributed by atoms with Gasteiger partial charge in [0.15, 0.2) is 0 Å². The maximum absolute atomic E-state index is 13.0. The Morgan fingerprint density at radius 1 is 1.14 bits per heavy atom. The van der Waals surface area contributed by atoms with Crippen LogP contribution in [0.1, 0.15) is 53.4 Å². The summed E-state index contributed by atoms with van der Waals surface area (Å²) in [6.07, 6.45) is 4.22. The lowest BCUT2D eigenvalue weighted by Gasteiger charge is -2.34. The third-order valence-electron chi connectivity index (χ3n) is 5.96. The van der Waals surface area contributed by atoms with Crippen molar-refractivity contribution >= 4 is 5.91 Å². The van der Waals surface area contributed by atoms with Gasteiger partial charge in [-0.15, -0.1) is 0 Å². The highest BCUT2D eigenvalue weighted by molar-refractivity contribution is 5.83. The van der Waals surface area contributed by atoms with Crippen LogP contribution in [-0.4, -0.2) is 67.1 Å². The zero-order valence-electron chi connectivity index (χ0n) is 15.5. The zero-order chi connectivity index (χ0) is 16.6. The predicted molar refractivity (Wildman–Crippen MR) is 91.7 cm³/mol. The Morgan fingerprint density at radius 3 is 2.41 bits per heavy atom. The molecule has 2 rings (SSSR count). The molecule has 0 bridgehead atoms. The Labute approximate surface area is 136 Å². The normalized spacial score (nSPS) is 36.3. The van der Waals surface area contributed by atoms with Gasteiger partial charge >= 0.3 is 0 Å². The summed E-state index contributed by atoms with van der Waals surface area (Å²) in [4.78, 5) is 15.5. The first kappa shape index (κ1) is 17.7. The third kappa shape index (κ3) is 4.02. The minimum absolute atomic E-state index is 0.0545. The molecule has 2 aliphatic heterocycles. The molecule has 4 heteroatoms. The standard InChI is InChI=1S/C18H35N3O/c1-15(2)20-11-9-18(4,14-20)19-16(22)17(3)8-7-12-21(5,6)13-10-17/h15H,7-14H2,1-6H3/p+1. The van der Waals surface area contributed by atoms with Gasteiger partial charge in [0.05, 0.1) is 38.1 Å². The number of rotatable bonds is 3. The van der Waals surface area contributed by atoms with Crippen LogP contribution in [0.3, 0.4) is 0 Å². The maximum Gasteiger partial charge on any atom is 0.226 e. The molecule has 2 fully saturated rings. The number of quaternary nitrogens is 1. The quantitative estimate of drug-likeness (QED) is 0.811. The summed E-state index contributed by atoms with van der Waals surface area (Å²) in [7, 11) is 4.56. The Kier molecular flexibility index (Phi) is 4.94. The summed E-state index contributed by atoms with van der Waals surface area (Å²) < 4.78 is 1.04. The summed E-state index contributed by atoms with van der Waals surface area (Å²) in [5.41, 5.74) is -0.249. The van der Waals surface area contributed by atoms with E-state index in [4.69, 9.17) is 0 Å². The van der Waals surface area contributed by atoms with Crippen molar-refractivity contribution in [2.45, 2.75) is 65.0 Å². The van der Waals surface area contributed by atoms with E-state index in [1.807, 2.05) is 0 Å². The summed E-state index contributed by atoms with van der Waals surface area (Å²) in [6.45, 7) is 13.2. The molecule has 0 saturated carbocycles. The molecule has 2 heterocycles. The number of hydrogen-bond donors (Lipinski definition) is 1. The smallest absolute Gasteiger partial charge is 0.226 e. The largest absolute Gasteiger partial charge is 0.349 e. The van der Waals surface area contributed by atoms with Crippen LogP contribution in [0, 0.1) is 5.41 Å². The Morgan fingerprint density at radius 2 is 1.82 bits per heavy atom. The van der Waals surface area contributed by atoms with Crippen LogP contribution in [0.2, 0.25) is 0 Å². The van der Waals surface area contributed by atoms with Crippen molar-refractivity contribution in [3.8, 4) is 0 Å². The van der Waals surface area contributed by atoms with E-state index in [-0.39, 0.29) is 16.9 Å². The first-order chi connectivity index (χ1) is 10.1. The van der Waals surface area contributed by atoms with Gasteiger partial charge in [-0.05, 0) is 40.0 Å². The van der Waals surface area contributed by atoms with E-state index in [1.165, 1.54) is 6.54 Å². The van der Waals surface area contributed by atoms with Crippen LogP contribution >= 0.6 is 0 Å². The lowest BCUT2D eigenvalue weighted by atomic mass is 9.81. The lowest BCUT2D eigenvalue weighted by molar-refractivity contribution is -0.889. The van der Waals surface area contributed by atoms with E-state index in [2.05, 4.69) is 52.0 Å². The molecule has 2 atom stereocenters. The van der Waals surface area contributed by atoms with Crippen LogP contribution in [0.5, 0.6) is 0 Å². The first-order valence-corrected chi connectivity index (χ1v) is 8.94. The van der Waals surface area contributed by atoms with E-state index in [1.54, 1.807) is 0 Å². The van der Waals surface area contributed by atoms with Gasteiger partial charge in [0.2, 0.25) is 5.91 Å². The second-order valence-corrected chi connectivity index (χ2v) is 9.13. The third-order valence-corrected chi connectivity index (χ3v) is 5.96. The van der Waals surface area contributed by atoms with E-state index in [0.29, 0.717) is 6.04 Å². The Bertz CT molecular complexity index is 421. The molecule has 1 amide bonds. The molecule has 0 aliphatic carbocycles. The first-order valence-electron chi connectivity index (χ1n) is 8.94. The van der Waals surface area contributed by atoms with Gasteiger partial charge < -0.3 is 9.80 Å². The minimum atomic E-state index is -0.194. The Hall–Kier alpha value is -0.610. The van der Waals surface area contributed by atoms with Gasteiger partial charge in [0.1, 0.15) is 0 Å². The van der Waals surface area contributed by atoms with Crippen LogP contribution in [0.4, 0.5) is 0 Å². The summed E-state index contributed by atoms with van der Waals surface area (Å²) in [6, 6.07) is 0.560. The molecule has 0 aromatic rings. The van der Waals surface area contributed by atoms with Crippen LogP contribution < -0.4 is 5.32 Å². The molecule has 2 saturated heterocycles. The van der Waals surface area contributed by atoms with E-state index in [9.17, 15) is 4.79 Å². The number of likely N-dealkylation sites (tertiary alicyclic amines) is 2. The molecule has 0 radical (unpaired) electrons. The minimum Gasteiger partial charge on any atom is -0.349 e. The second-order valence-electron chi connectivity index (χ2n) is 9.13. The molecular formula is C18H36N3O+. The van der Waals surface area contributed by atoms with Crippen molar-refractivity contribution in [3.05, 3.63) is 0 Å². The predicted octanol–water partition coefficient (Wildman–Crippen LogP) is 2.24. The van der Waals surface area contributed by atoms with Gasteiger partial charge in [-0.25, -0.2) is 0 Å². The van der Waals surface area contributed by atoms with Gasteiger partial charge in [-0.3, -0.25) is 9.69 Å². The van der Waals surface area contributed by atoms with E-state index >= 15 is 0 Å². The molecule has 2 aliphatic rings. The van der Waals surface area contributed by atoms with Gasteiger partial charge in [-0.1, -0.05) is 6.92 Å². The summed E-state index contributed by atoms with van der Waals surface area (Å²) in [5.74, 6) is 0.280. The maximum atomic E-state index is 13.0. The van der Waals surface area contributed by atoms with Crippen molar-refractivity contribution in [1.29, 1.82) is 0 Å². The highest BCUT2D eigenvalue weighted by Crippen LogP contribution is 2.34. The molecule has 1 N–H and O–H groups in total. The van der Waals surface area contributed by atoms with Crippen molar-refractivity contribution in [1.82, 2.24) is 10.2 Å². The van der Waals surface area contributed by atoms with Gasteiger partial charge in [0.25, 0.3) is 0 Å². The van der Waals surface area contributed by atoms with Gasteiger partial charge in [0, 0.05) is 25.6 Å². The van der Waals surface area contributed by atoms with Crippen molar-refractivity contribution in [3.63, 3.8) is 0 Å². The fraction of sp³-hybridized carbons (Fsp3) is 0.944. The number of nitrogens with zero attached hydrogens (tertiary/aromatic N) is 2. The molecule has 0 aromatic heterocycles. The van der Waals surface area contributed by atoms with Gasteiger partial charge in [-0.2, -0.15) is 0 Å². The molecule has 22 heavy (non-hydrogen) atoms. The van der Waals surface area contributed by atoms with Crippen molar-refractivity contribution < 1.29 is 9.28 Å². The molecular weight excluding hydrogens is 274 g/mol. The monoisotopic (exact) mass is 310 g/mol. The highest BCUT2D eigenvalue weighted by Gasteiger charge is 2.43. The van der Waals surface area contributed by atoms with Crippen LogP contribution in [0.25, 0.3) is 0 Å². The molecule has 128 valence electrons. The molecule has 0 spiro atoms. The lowest BCUT2D eigenvalue weighted by Crippen LogP contribution is -2.53. The summed E-state index contributed by atoms with van der Waals surface area (Å²) >= 11 is 0. The highest BCUT2D eigenvalue weighted by atomic mass is 16.2. The molecule has 4 nitrogen and oxygen atoms in total. The SMILES string of the molecule is CC(C)N1CCC(C)(NC(=O)C2(C)CCC[N+](C)(C)CC2)C1. The number of carbonyl (C=O) groups is 1.